The quantitative estimate of drug-likeness (QED) is 0.275. The molecule has 1 saturated heterocycles. The molecule has 2 aromatic rings. The maximum atomic E-state index is 14.7. The summed E-state index contributed by atoms with van der Waals surface area (Å²) in [4.78, 5) is 42.8. The Hall–Kier alpha value is -3.79. The number of ether oxygens (including phenoxy) is 2. The summed E-state index contributed by atoms with van der Waals surface area (Å²) in [6.45, 7) is 2.77. The molecule has 8 nitrogen and oxygen atoms in total. The Morgan fingerprint density at radius 1 is 1.06 bits per heavy atom. The van der Waals surface area contributed by atoms with Gasteiger partial charge in [0.1, 0.15) is 23.3 Å². The third-order valence-electron chi connectivity index (χ3n) is 11.0. The van der Waals surface area contributed by atoms with Crippen molar-refractivity contribution in [2.45, 2.75) is 107 Å². The fourth-order valence-corrected chi connectivity index (χ4v) is 8.13. The molecule has 49 heavy (non-hydrogen) atoms. The first-order valence-corrected chi connectivity index (χ1v) is 18.2. The Labute approximate surface area is 287 Å². The lowest BCUT2D eigenvalue weighted by atomic mass is 10.0. The van der Waals surface area contributed by atoms with E-state index in [1.807, 2.05) is 23.1 Å². The molecule has 2 saturated carbocycles. The summed E-state index contributed by atoms with van der Waals surface area (Å²) in [7, 11) is 0. The average Bonchev–Trinajstić information content (AvgIpc) is 3.95. The number of hydrogen-bond acceptors (Lipinski definition) is 7. The number of allylic oxidation sites excluding steroid dienone is 1. The van der Waals surface area contributed by atoms with Gasteiger partial charge in [-0.05, 0) is 105 Å². The summed E-state index contributed by atoms with van der Waals surface area (Å²) in [6.07, 6.45) is 11.8. The SMILES string of the molecule is CCOC(=O)[C@@]12C[C@H]1/C=C\CCCCC[C@H](Nc1cc(F)cc(C3CC3)c1)CN1C[C@H](OC(=O)C3Cc4cccc(F)c4C3)C[C@H]1C(=O)N2. The van der Waals surface area contributed by atoms with Crippen LogP contribution in [0, 0.1) is 23.5 Å². The molecule has 0 bridgehead atoms. The molecule has 0 radical (unpaired) electrons. The zero-order chi connectivity index (χ0) is 34.1. The molecule has 2 heterocycles. The van der Waals surface area contributed by atoms with Gasteiger partial charge in [-0.2, -0.15) is 0 Å². The third-order valence-corrected chi connectivity index (χ3v) is 11.0. The van der Waals surface area contributed by atoms with Crippen LogP contribution in [0.4, 0.5) is 14.5 Å². The summed E-state index contributed by atoms with van der Waals surface area (Å²) >= 11 is 0. The van der Waals surface area contributed by atoms with Crippen molar-refractivity contribution < 1.29 is 32.6 Å². The van der Waals surface area contributed by atoms with E-state index in [1.165, 1.54) is 12.1 Å². The molecular weight excluding hydrogens is 628 g/mol. The molecule has 2 aliphatic heterocycles. The molecule has 1 amide bonds. The predicted octanol–water partition coefficient (Wildman–Crippen LogP) is 5.98. The molecule has 2 N–H and O–H groups in total. The molecule has 6 atom stereocenters. The number of esters is 2. The van der Waals surface area contributed by atoms with Crippen LogP contribution in [0.2, 0.25) is 0 Å². The number of carbonyl (C=O) groups is 3. The zero-order valence-electron chi connectivity index (χ0n) is 28.2. The summed E-state index contributed by atoms with van der Waals surface area (Å²) in [6, 6.07) is 9.36. The first-order valence-electron chi connectivity index (χ1n) is 18.2. The van der Waals surface area contributed by atoms with Gasteiger partial charge in [0.25, 0.3) is 0 Å². The van der Waals surface area contributed by atoms with E-state index in [2.05, 4.69) is 16.7 Å². The lowest BCUT2D eigenvalue weighted by Crippen LogP contribution is -2.53. The predicted molar refractivity (Wildman–Crippen MR) is 181 cm³/mol. The fourth-order valence-electron chi connectivity index (χ4n) is 8.13. The number of hydrogen-bond donors (Lipinski definition) is 2. The first-order chi connectivity index (χ1) is 23.7. The third kappa shape index (κ3) is 7.54. The maximum Gasteiger partial charge on any atom is 0.332 e. The number of nitrogens with one attached hydrogen (secondary N) is 2. The topological polar surface area (TPSA) is 97.0 Å². The van der Waals surface area contributed by atoms with Gasteiger partial charge >= 0.3 is 11.9 Å². The summed E-state index contributed by atoms with van der Waals surface area (Å²) in [5.74, 6) is -1.90. The second kappa shape index (κ2) is 14.2. The van der Waals surface area contributed by atoms with Crippen molar-refractivity contribution in [2.75, 3.05) is 25.0 Å². The largest absolute Gasteiger partial charge is 0.464 e. The lowest BCUT2D eigenvalue weighted by molar-refractivity contribution is -0.153. The second-order valence-electron chi connectivity index (χ2n) is 14.7. The van der Waals surface area contributed by atoms with E-state index in [9.17, 15) is 23.2 Å². The minimum absolute atomic E-state index is 0.0979. The molecule has 5 aliphatic rings. The summed E-state index contributed by atoms with van der Waals surface area (Å²) < 4.78 is 40.6. The summed E-state index contributed by atoms with van der Waals surface area (Å²) in [5, 5.41) is 6.68. The highest BCUT2D eigenvalue weighted by Gasteiger charge is 2.62. The van der Waals surface area contributed by atoms with Crippen LogP contribution in [0.3, 0.4) is 0 Å². The van der Waals surface area contributed by atoms with Gasteiger partial charge in [-0.25, -0.2) is 13.6 Å². The van der Waals surface area contributed by atoms with Crippen molar-refractivity contribution >= 4 is 23.5 Å². The number of nitrogens with zero attached hydrogens (tertiary/aromatic N) is 1. The van der Waals surface area contributed by atoms with E-state index >= 15 is 0 Å². The lowest BCUT2D eigenvalue weighted by Gasteiger charge is -2.30. The highest BCUT2D eigenvalue weighted by molar-refractivity contribution is 5.94. The molecule has 3 aliphatic carbocycles. The van der Waals surface area contributed by atoms with Gasteiger partial charge < -0.3 is 20.1 Å². The van der Waals surface area contributed by atoms with Crippen LogP contribution >= 0.6 is 0 Å². The van der Waals surface area contributed by atoms with Gasteiger partial charge in [-0.15, -0.1) is 0 Å². The van der Waals surface area contributed by atoms with Gasteiger partial charge in [-0.3, -0.25) is 14.5 Å². The zero-order valence-corrected chi connectivity index (χ0v) is 28.2. The molecule has 0 spiro atoms. The van der Waals surface area contributed by atoms with Gasteiger partial charge in [0.05, 0.1) is 18.6 Å². The highest BCUT2D eigenvalue weighted by atomic mass is 19.1. The molecule has 1 unspecified atom stereocenters. The van der Waals surface area contributed by atoms with Crippen LogP contribution in [0.15, 0.2) is 48.6 Å². The Balaban J connectivity index is 1.12. The minimum Gasteiger partial charge on any atom is -0.464 e. The number of fused-ring (bicyclic) bond motifs is 3. The first kappa shape index (κ1) is 33.7. The number of anilines is 1. The monoisotopic (exact) mass is 675 g/mol. The van der Waals surface area contributed by atoms with E-state index < -0.39 is 29.6 Å². The van der Waals surface area contributed by atoms with Gasteiger partial charge in [0.15, 0.2) is 0 Å². The number of rotatable bonds is 7. The number of amides is 1. The van der Waals surface area contributed by atoms with Crippen molar-refractivity contribution in [3.05, 3.63) is 76.9 Å². The van der Waals surface area contributed by atoms with Gasteiger partial charge in [0.2, 0.25) is 5.91 Å². The Morgan fingerprint density at radius 3 is 2.71 bits per heavy atom. The molecular formula is C39H47F2N3O5. The van der Waals surface area contributed by atoms with Crippen LogP contribution < -0.4 is 10.6 Å². The van der Waals surface area contributed by atoms with Crippen molar-refractivity contribution in [3.8, 4) is 0 Å². The smallest absolute Gasteiger partial charge is 0.332 e. The van der Waals surface area contributed by atoms with Crippen molar-refractivity contribution in [1.82, 2.24) is 10.2 Å². The fraction of sp³-hybridized carbons (Fsp3) is 0.564. The van der Waals surface area contributed by atoms with E-state index in [0.29, 0.717) is 43.8 Å². The molecule has 0 aromatic heterocycles. The Kier molecular flexibility index (Phi) is 9.77. The van der Waals surface area contributed by atoms with Crippen LogP contribution in [0.25, 0.3) is 0 Å². The molecule has 7 rings (SSSR count). The second-order valence-corrected chi connectivity index (χ2v) is 14.7. The summed E-state index contributed by atoms with van der Waals surface area (Å²) in [5.41, 5.74) is 2.02. The van der Waals surface area contributed by atoms with Crippen LogP contribution in [0.5, 0.6) is 0 Å². The van der Waals surface area contributed by atoms with E-state index in [4.69, 9.17) is 9.47 Å². The van der Waals surface area contributed by atoms with Gasteiger partial charge in [-0.1, -0.05) is 37.1 Å². The number of halogens is 2. The van der Waals surface area contributed by atoms with Crippen LogP contribution in [-0.2, 0) is 36.7 Å². The maximum absolute atomic E-state index is 14.7. The number of carbonyl (C=O) groups excluding carboxylic acids is 3. The van der Waals surface area contributed by atoms with Crippen molar-refractivity contribution in [2.24, 2.45) is 11.8 Å². The minimum atomic E-state index is -1.11. The Morgan fingerprint density at radius 2 is 1.92 bits per heavy atom. The molecule has 262 valence electrons. The van der Waals surface area contributed by atoms with Crippen molar-refractivity contribution in [1.29, 1.82) is 0 Å². The molecule has 3 fully saturated rings. The van der Waals surface area contributed by atoms with Gasteiger partial charge in [0, 0.05) is 37.2 Å². The van der Waals surface area contributed by atoms with E-state index in [-0.39, 0.29) is 48.5 Å². The van der Waals surface area contributed by atoms with Crippen LogP contribution in [0.1, 0.15) is 87.3 Å². The average molecular weight is 676 g/mol. The number of benzene rings is 2. The van der Waals surface area contributed by atoms with Crippen molar-refractivity contribution in [3.63, 3.8) is 0 Å². The normalized spacial score (nSPS) is 30.8. The van der Waals surface area contributed by atoms with E-state index in [0.717, 1.165) is 61.8 Å². The van der Waals surface area contributed by atoms with E-state index in [1.54, 1.807) is 19.1 Å². The molecule has 2 aromatic carbocycles. The standard InChI is InChI=1S/C39H47F2N3O5/c1-2-48-38(47)39-21-28(39)10-6-4-3-5-7-11-30(42-31-17-26(24-13-14-24)16-29(40)19-31)22-44-23-32(20-35(44)36(45)43-39)49-37(46)27-15-25-9-8-12-34(41)33(25)18-27/h6,8-10,12,16-17,19,24,27-28,30,32,35,42H,2-5,7,11,13-15,18,20-23H2,1H3,(H,43,45)/b10-6-/t27?,28-,30+,32-,35+,39-/m1/s1. The highest BCUT2D eigenvalue weighted by Crippen LogP contribution is 2.46. The van der Waals surface area contributed by atoms with Crippen LogP contribution in [-0.4, -0.2) is 66.2 Å². The molecule has 10 heteroatoms. The Bertz CT molecular complexity index is 1610.